The van der Waals surface area contributed by atoms with Crippen LogP contribution in [0.25, 0.3) is 0 Å². The van der Waals surface area contributed by atoms with E-state index in [0.29, 0.717) is 29.4 Å². The van der Waals surface area contributed by atoms with Gasteiger partial charge >= 0.3 is 12.0 Å². The van der Waals surface area contributed by atoms with E-state index in [1.165, 1.54) is 12.0 Å². The summed E-state index contributed by atoms with van der Waals surface area (Å²) in [5.74, 6) is -0.865. The maximum Gasteiger partial charge on any atom is 0.322 e. The number of halogens is 1. The topological polar surface area (TPSA) is 78.9 Å². The number of nitrogens with zero attached hydrogens (tertiary/aromatic N) is 1. The molecule has 1 aliphatic rings. The molecule has 2 atom stereocenters. The van der Waals surface area contributed by atoms with Crippen molar-refractivity contribution in [3.8, 4) is 5.75 Å². The van der Waals surface area contributed by atoms with Crippen LogP contribution in [0.5, 0.6) is 5.75 Å². The number of aliphatic carboxylic acids is 1. The van der Waals surface area contributed by atoms with Crippen LogP contribution in [0.3, 0.4) is 0 Å². The number of methoxy groups -OCH3 is 1. The third kappa shape index (κ3) is 3.21. The molecule has 114 valence electrons. The minimum atomic E-state index is -0.870. The first kappa shape index (κ1) is 15.4. The number of carboxylic acids is 1. The molecule has 0 radical (unpaired) electrons. The molecule has 1 fully saturated rings. The first-order valence-corrected chi connectivity index (χ1v) is 6.95. The second-order valence-electron chi connectivity index (χ2n) is 4.95. The van der Waals surface area contributed by atoms with Crippen LogP contribution in [-0.2, 0) is 4.79 Å². The van der Waals surface area contributed by atoms with E-state index in [1.54, 1.807) is 25.1 Å². The zero-order valence-electron chi connectivity index (χ0n) is 11.8. The number of hydrogen-bond donors (Lipinski definition) is 2. The summed E-state index contributed by atoms with van der Waals surface area (Å²) in [6.45, 7) is 2.17. The number of amides is 2. The number of anilines is 1. The maximum atomic E-state index is 12.2. The van der Waals surface area contributed by atoms with Gasteiger partial charge in [0.25, 0.3) is 0 Å². The van der Waals surface area contributed by atoms with Crippen molar-refractivity contribution in [1.29, 1.82) is 0 Å². The highest BCUT2D eigenvalue weighted by atomic mass is 35.5. The largest absolute Gasteiger partial charge is 0.495 e. The number of hydrogen-bond acceptors (Lipinski definition) is 3. The molecule has 0 aliphatic carbocycles. The Kier molecular flexibility index (Phi) is 4.57. The molecule has 0 bridgehead atoms. The Morgan fingerprint density at radius 1 is 1.48 bits per heavy atom. The van der Waals surface area contributed by atoms with Crippen molar-refractivity contribution in [3.05, 3.63) is 23.2 Å². The van der Waals surface area contributed by atoms with Crippen molar-refractivity contribution in [2.75, 3.05) is 19.0 Å². The van der Waals surface area contributed by atoms with Crippen LogP contribution in [-0.4, -0.2) is 41.7 Å². The minimum Gasteiger partial charge on any atom is -0.495 e. The number of urea groups is 1. The Labute approximate surface area is 127 Å². The summed E-state index contributed by atoms with van der Waals surface area (Å²) >= 11 is 6.00. The van der Waals surface area contributed by atoms with Gasteiger partial charge in [0.05, 0.1) is 18.1 Å². The number of benzene rings is 1. The van der Waals surface area contributed by atoms with Gasteiger partial charge < -0.3 is 20.1 Å². The lowest BCUT2D eigenvalue weighted by Crippen LogP contribution is -2.40. The highest BCUT2D eigenvalue weighted by Crippen LogP contribution is 2.29. The lowest BCUT2D eigenvalue weighted by molar-refractivity contribution is -0.142. The number of carbonyl (C=O) groups is 2. The standard InChI is InChI=1S/C14H17ClN2O4/c1-8-10(13(18)19)5-6-17(8)14(20)16-9-3-4-12(21-2)11(15)7-9/h3-4,7-8,10H,5-6H2,1-2H3,(H,16,20)(H,18,19). The Balaban J connectivity index is 2.05. The number of ether oxygens (including phenoxy) is 1. The summed E-state index contributed by atoms with van der Waals surface area (Å²) in [7, 11) is 1.51. The highest BCUT2D eigenvalue weighted by molar-refractivity contribution is 6.32. The van der Waals surface area contributed by atoms with E-state index in [2.05, 4.69) is 5.32 Å². The number of rotatable bonds is 3. The van der Waals surface area contributed by atoms with Crippen LogP contribution in [0.15, 0.2) is 18.2 Å². The first-order valence-electron chi connectivity index (χ1n) is 6.58. The molecular weight excluding hydrogens is 296 g/mol. The van der Waals surface area contributed by atoms with Crippen LogP contribution >= 0.6 is 11.6 Å². The van der Waals surface area contributed by atoms with Gasteiger partial charge in [-0.2, -0.15) is 0 Å². The number of carboxylic acid groups (broad SMARTS) is 1. The van der Waals surface area contributed by atoms with Gasteiger partial charge in [-0.3, -0.25) is 4.79 Å². The molecule has 6 nitrogen and oxygen atoms in total. The smallest absolute Gasteiger partial charge is 0.322 e. The number of nitrogens with one attached hydrogen (secondary N) is 1. The molecule has 0 spiro atoms. The molecule has 1 aromatic carbocycles. The summed E-state index contributed by atoms with van der Waals surface area (Å²) < 4.78 is 5.04. The zero-order chi connectivity index (χ0) is 15.6. The van der Waals surface area contributed by atoms with Crippen molar-refractivity contribution in [1.82, 2.24) is 4.90 Å². The third-order valence-corrected chi connectivity index (χ3v) is 4.03. The SMILES string of the molecule is COc1ccc(NC(=O)N2CCC(C(=O)O)C2C)cc1Cl. The molecule has 21 heavy (non-hydrogen) atoms. The monoisotopic (exact) mass is 312 g/mol. The Hall–Kier alpha value is -1.95. The molecule has 1 aliphatic heterocycles. The summed E-state index contributed by atoms with van der Waals surface area (Å²) in [5.41, 5.74) is 0.539. The highest BCUT2D eigenvalue weighted by Gasteiger charge is 2.38. The van der Waals surface area contributed by atoms with Crippen molar-refractivity contribution in [2.45, 2.75) is 19.4 Å². The van der Waals surface area contributed by atoms with Gasteiger partial charge in [0.15, 0.2) is 0 Å². The van der Waals surface area contributed by atoms with E-state index in [0.717, 1.165) is 0 Å². The fraction of sp³-hybridized carbons (Fsp3) is 0.429. The van der Waals surface area contributed by atoms with Crippen molar-refractivity contribution in [3.63, 3.8) is 0 Å². The second-order valence-corrected chi connectivity index (χ2v) is 5.35. The molecule has 1 saturated heterocycles. The average molecular weight is 313 g/mol. The Bertz CT molecular complexity index is 564. The molecule has 7 heteroatoms. The maximum absolute atomic E-state index is 12.2. The molecule has 2 rings (SSSR count). The van der Waals surface area contributed by atoms with Crippen LogP contribution in [0, 0.1) is 5.92 Å². The van der Waals surface area contributed by atoms with E-state index < -0.39 is 11.9 Å². The molecule has 0 saturated carbocycles. The van der Waals surface area contributed by atoms with E-state index >= 15 is 0 Å². The lowest BCUT2D eigenvalue weighted by atomic mass is 10.0. The summed E-state index contributed by atoms with van der Waals surface area (Å²) in [6.07, 6.45) is 0.466. The van der Waals surface area contributed by atoms with Gasteiger partial charge in [-0.15, -0.1) is 0 Å². The van der Waals surface area contributed by atoms with Gasteiger partial charge in [0.1, 0.15) is 5.75 Å². The Morgan fingerprint density at radius 3 is 2.71 bits per heavy atom. The van der Waals surface area contributed by atoms with E-state index in [9.17, 15) is 9.59 Å². The van der Waals surface area contributed by atoms with Crippen LogP contribution in [0.2, 0.25) is 5.02 Å². The molecule has 1 aromatic rings. The van der Waals surface area contributed by atoms with E-state index in [-0.39, 0.29) is 12.1 Å². The quantitative estimate of drug-likeness (QED) is 0.899. The molecule has 0 aromatic heterocycles. The van der Waals surface area contributed by atoms with Gasteiger partial charge in [-0.1, -0.05) is 11.6 Å². The van der Waals surface area contributed by atoms with E-state index in [4.69, 9.17) is 21.4 Å². The summed E-state index contributed by atoms with van der Waals surface area (Å²) in [6, 6.07) is 4.26. The third-order valence-electron chi connectivity index (χ3n) is 3.74. The van der Waals surface area contributed by atoms with Gasteiger partial charge in [0.2, 0.25) is 0 Å². The van der Waals surface area contributed by atoms with Gasteiger partial charge in [-0.05, 0) is 31.5 Å². The van der Waals surface area contributed by atoms with Crippen molar-refractivity contribution in [2.24, 2.45) is 5.92 Å². The molecule has 2 amide bonds. The van der Waals surface area contributed by atoms with Crippen molar-refractivity contribution >= 4 is 29.3 Å². The molecule has 2 N–H and O–H groups in total. The molecular formula is C14H17ClN2O4. The van der Waals surface area contributed by atoms with Gasteiger partial charge in [-0.25, -0.2) is 4.79 Å². The fourth-order valence-electron chi connectivity index (χ4n) is 2.50. The molecule has 1 heterocycles. The molecule has 2 unspecified atom stereocenters. The normalized spacial score (nSPS) is 21.2. The number of carbonyl (C=O) groups excluding carboxylic acids is 1. The predicted molar refractivity (Wildman–Crippen MR) is 78.9 cm³/mol. The second kappa shape index (κ2) is 6.22. The summed E-state index contributed by atoms with van der Waals surface area (Å²) in [4.78, 5) is 24.8. The predicted octanol–water partition coefficient (Wildman–Crippen LogP) is 2.68. The average Bonchev–Trinajstić information content (AvgIpc) is 2.81. The number of likely N-dealkylation sites (tertiary alicyclic amines) is 1. The van der Waals surface area contributed by atoms with Crippen molar-refractivity contribution < 1.29 is 19.4 Å². The van der Waals surface area contributed by atoms with Crippen LogP contribution in [0.4, 0.5) is 10.5 Å². The van der Waals surface area contributed by atoms with Crippen LogP contribution in [0.1, 0.15) is 13.3 Å². The summed E-state index contributed by atoms with van der Waals surface area (Å²) in [5, 5.41) is 12.2. The van der Waals surface area contributed by atoms with E-state index in [1.807, 2.05) is 0 Å². The zero-order valence-corrected chi connectivity index (χ0v) is 12.6. The van der Waals surface area contributed by atoms with Gasteiger partial charge in [0, 0.05) is 18.3 Å². The minimum absolute atomic E-state index is 0.326. The van der Waals surface area contributed by atoms with Crippen LogP contribution < -0.4 is 10.1 Å². The fourth-order valence-corrected chi connectivity index (χ4v) is 2.75. The lowest BCUT2D eigenvalue weighted by Gasteiger charge is -2.23. The Morgan fingerprint density at radius 2 is 2.19 bits per heavy atom. The first-order chi connectivity index (χ1) is 9.93.